The number of unbranched alkanes of at least 4 members (excludes halogenated alkanes) is 1. The Balaban J connectivity index is 0.00000264. The van der Waals surface area contributed by atoms with Gasteiger partial charge < -0.3 is 9.64 Å². The summed E-state index contributed by atoms with van der Waals surface area (Å²) in [6, 6.07) is 7.50. The number of hydrogen-bond acceptors (Lipinski definition) is 3. The van der Waals surface area contributed by atoms with Crippen LogP contribution in [0.2, 0.25) is 0 Å². The van der Waals surface area contributed by atoms with Crippen LogP contribution < -0.4 is 4.74 Å². The van der Waals surface area contributed by atoms with Crippen molar-refractivity contribution in [1.82, 2.24) is 4.90 Å². The van der Waals surface area contributed by atoms with E-state index in [1.807, 2.05) is 24.3 Å². The summed E-state index contributed by atoms with van der Waals surface area (Å²) in [7, 11) is 0. The largest absolute Gasteiger partial charge is 0.493 e. The predicted octanol–water partition coefficient (Wildman–Crippen LogP) is 4.45. The van der Waals surface area contributed by atoms with Crippen LogP contribution in [0.1, 0.15) is 50.4 Å². The Labute approximate surface area is 146 Å². The van der Waals surface area contributed by atoms with Crippen LogP contribution in [0.4, 0.5) is 0 Å². The molecule has 2 rings (SSSR count). The maximum Gasteiger partial charge on any atom is 0.163 e. The van der Waals surface area contributed by atoms with Gasteiger partial charge in [0.1, 0.15) is 5.75 Å². The van der Waals surface area contributed by atoms with Gasteiger partial charge in [0.05, 0.1) is 12.2 Å². The maximum absolute atomic E-state index is 11.5. The minimum atomic E-state index is 0. The third kappa shape index (κ3) is 6.52. The molecule has 2 atom stereocenters. The Morgan fingerprint density at radius 2 is 1.83 bits per heavy atom. The molecule has 0 saturated carbocycles. The molecule has 0 bridgehead atoms. The van der Waals surface area contributed by atoms with Gasteiger partial charge in [-0.25, -0.2) is 0 Å². The minimum Gasteiger partial charge on any atom is -0.493 e. The summed E-state index contributed by atoms with van der Waals surface area (Å²) in [4.78, 5) is 14.1. The molecule has 0 amide bonds. The number of benzene rings is 1. The highest BCUT2D eigenvalue weighted by atomic mass is 35.5. The molecular weight excluding hydrogens is 310 g/mol. The number of hydrogen-bond donors (Lipinski definition) is 0. The quantitative estimate of drug-likeness (QED) is 0.543. The highest BCUT2D eigenvalue weighted by Crippen LogP contribution is 2.21. The number of likely N-dealkylation sites (tertiary alicyclic amines) is 1. The third-order valence-electron chi connectivity index (χ3n) is 4.34. The fourth-order valence-corrected chi connectivity index (χ4v) is 3.48. The van der Waals surface area contributed by atoms with Crippen molar-refractivity contribution in [2.45, 2.75) is 40.0 Å². The van der Waals surface area contributed by atoms with Gasteiger partial charge >= 0.3 is 0 Å². The van der Waals surface area contributed by atoms with Gasteiger partial charge in [-0.3, -0.25) is 4.79 Å². The average Bonchev–Trinajstić information content (AvgIpc) is 2.46. The fourth-order valence-electron chi connectivity index (χ4n) is 3.48. The van der Waals surface area contributed by atoms with Crippen LogP contribution >= 0.6 is 12.4 Å². The Morgan fingerprint density at radius 3 is 2.48 bits per heavy atom. The van der Waals surface area contributed by atoms with E-state index in [9.17, 15) is 4.79 Å². The smallest absolute Gasteiger partial charge is 0.163 e. The lowest BCUT2D eigenvalue weighted by Crippen LogP contribution is -2.39. The third-order valence-corrected chi connectivity index (χ3v) is 4.34. The summed E-state index contributed by atoms with van der Waals surface area (Å²) >= 11 is 0. The highest BCUT2D eigenvalue weighted by Gasteiger charge is 2.20. The Hall–Kier alpha value is -1.06. The normalized spacial score (nSPS) is 21.5. The van der Waals surface area contributed by atoms with E-state index in [1.54, 1.807) is 6.92 Å². The number of ketones is 1. The predicted molar refractivity (Wildman–Crippen MR) is 97.8 cm³/mol. The number of halogens is 1. The van der Waals surface area contributed by atoms with Crippen LogP contribution in [0.5, 0.6) is 5.75 Å². The van der Waals surface area contributed by atoms with Crippen molar-refractivity contribution in [3.8, 4) is 5.75 Å². The molecule has 3 nitrogen and oxygen atoms in total. The van der Waals surface area contributed by atoms with E-state index in [1.165, 1.54) is 19.5 Å². The molecule has 1 aromatic rings. The van der Waals surface area contributed by atoms with Crippen molar-refractivity contribution in [2.75, 3.05) is 26.2 Å². The number of rotatable bonds is 7. The minimum absolute atomic E-state index is 0. The molecule has 0 N–H and O–H groups in total. The topological polar surface area (TPSA) is 29.5 Å². The summed E-state index contributed by atoms with van der Waals surface area (Å²) in [6.07, 6.45) is 3.55. The summed E-state index contributed by atoms with van der Waals surface area (Å²) in [5, 5.41) is 0. The zero-order chi connectivity index (χ0) is 15.9. The van der Waals surface area contributed by atoms with Crippen molar-refractivity contribution in [3.63, 3.8) is 0 Å². The number of carbonyl (C=O) groups is 1. The molecule has 23 heavy (non-hydrogen) atoms. The second-order valence-corrected chi connectivity index (χ2v) is 6.81. The number of Topliss-reactive ketones (excluding diaryl/α,β-unsaturated/α-hetero) is 1. The van der Waals surface area contributed by atoms with Crippen LogP contribution in [0, 0.1) is 11.8 Å². The van der Waals surface area contributed by atoms with E-state index >= 15 is 0 Å². The molecule has 1 aliphatic heterocycles. The first-order valence-electron chi connectivity index (χ1n) is 8.51. The van der Waals surface area contributed by atoms with Crippen LogP contribution in [0.3, 0.4) is 0 Å². The van der Waals surface area contributed by atoms with Gasteiger partial charge in [0, 0.05) is 13.1 Å². The first kappa shape index (κ1) is 20.0. The lowest BCUT2D eigenvalue weighted by Gasteiger charge is -2.34. The van der Waals surface area contributed by atoms with Crippen molar-refractivity contribution in [2.24, 2.45) is 11.8 Å². The van der Waals surface area contributed by atoms with Crippen molar-refractivity contribution in [1.29, 1.82) is 0 Å². The number of ether oxygens (including phenoxy) is 1. The van der Waals surface area contributed by atoms with Gasteiger partial charge in [0.15, 0.2) is 5.78 Å². The molecule has 0 radical (unpaired) electrons. The summed E-state index contributed by atoms with van der Waals surface area (Å²) in [5.74, 6) is 2.42. The number of nitrogens with zero attached hydrogens (tertiary/aromatic N) is 1. The van der Waals surface area contributed by atoms with Crippen molar-refractivity contribution < 1.29 is 9.53 Å². The standard InChI is InChI=1S/C19H29NO2.ClH/c1-15-12-16(2)14-20(13-15)10-6-7-11-22-19-9-5-4-8-18(19)17(3)21;/h4-5,8-9,15-16H,6-7,10-14H2,1-3H3;1H. The fraction of sp³-hybridized carbons (Fsp3) is 0.632. The molecule has 130 valence electrons. The summed E-state index contributed by atoms with van der Waals surface area (Å²) in [5.41, 5.74) is 0.682. The Kier molecular flexibility index (Phi) is 8.64. The van der Waals surface area contributed by atoms with Crippen LogP contribution in [-0.2, 0) is 0 Å². The lowest BCUT2D eigenvalue weighted by molar-refractivity contribution is 0.101. The zero-order valence-electron chi connectivity index (χ0n) is 14.6. The molecule has 2 unspecified atom stereocenters. The second kappa shape index (κ2) is 9.94. The van der Waals surface area contributed by atoms with Gasteiger partial charge in [-0.2, -0.15) is 0 Å². The van der Waals surface area contributed by atoms with E-state index in [0.29, 0.717) is 12.2 Å². The van der Waals surface area contributed by atoms with Gasteiger partial charge in [-0.15, -0.1) is 12.4 Å². The van der Waals surface area contributed by atoms with Crippen molar-refractivity contribution >= 4 is 18.2 Å². The molecule has 0 aromatic heterocycles. The van der Waals surface area contributed by atoms with Crippen molar-refractivity contribution in [3.05, 3.63) is 29.8 Å². The van der Waals surface area contributed by atoms with Gasteiger partial charge in [-0.1, -0.05) is 26.0 Å². The Bertz CT molecular complexity index is 482. The van der Waals surface area contributed by atoms with Gasteiger partial charge in [0.25, 0.3) is 0 Å². The summed E-state index contributed by atoms with van der Waals surface area (Å²) in [6.45, 7) is 10.6. The molecule has 1 fully saturated rings. The molecule has 4 heteroatoms. The first-order valence-corrected chi connectivity index (χ1v) is 8.51. The van der Waals surface area contributed by atoms with Crippen LogP contribution in [0.25, 0.3) is 0 Å². The molecule has 0 spiro atoms. The monoisotopic (exact) mass is 339 g/mol. The van der Waals surface area contributed by atoms with Crippen LogP contribution in [0.15, 0.2) is 24.3 Å². The number of carbonyl (C=O) groups excluding carboxylic acids is 1. The van der Waals surface area contributed by atoms with E-state index in [4.69, 9.17) is 4.74 Å². The van der Waals surface area contributed by atoms with E-state index in [0.717, 1.165) is 37.0 Å². The molecule has 0 aliphatic carbocycles. The zero-order valence-corrected chi connectivity index (χ0v) is 15.4. The molecule has 1 saturated heterocycles. The lowest BCUT2D eigenvalue weighted by atomic mass is 9.92. The molecule has 1 aliphatic rings. The van der Waals surface area contributed by atoms with E-state index < -0.39 is 0 Å². The van der Waals surface area contributed by atoms with E-state index in [-0.39, 0.29) is 18.2 Å². The second-order valence-electron chi connectivity index (χ2n) is 6.81. The van der Waals surface area contributed by atoms with Gasteiger partial charge in [0.2, 0.25) is 0 Å². The maximum atomic E-state index is 11.5. The highest BCUT2D eigenvalue weighted by molar-refractivity contribution is 5.96. The van der Waals surface area contributed by atoms with Gasteiger partial charge in [-0.05, 0) is 56.7 Å². The SMILES string of the molecule is CC(=O)c1ccccc1OCCCCN1CC(C)CC(C)C1.Cl. The Morgan fingerprint density at radius 1 is 1.17 bits per heavy atom. The number of para-hydroxylation sites is 1. The summed E-state index contributed by atoms with van der Waals surface area (Å²) < 4.78 is 5.79. The number of piperidine rings is 1. The molecule has 1 heterocycles. The molecule has 1 aromatic carbocycles. The van der Waals surface area contributed by atoms with Crippen LogP contribution in [-0.4, -0.2) is 36.9 Å². The molecular formula is C19H30ClNO2. The average molecular weight is 340 g/mol. The van der Waals surface area contributed by atoms with E-state index in [2.05, 4.69) is 18.7 Å². The first-order chi connectivity index (χ1) is 10.6.